The van der Waals surface area contributed by atoms with Gasteiger partial charge in [0.25, 0.3) is 0 Å². The molecule has 0 amide bonds. The van der Waals surface area contributed by atoms with E-state index in [4.69, 9.17) is 174 Å². The first-order chi connectivity index (χ1) is 14.0. The highest BCUT2D eigenvalue weighted by atomic mass is 35.6. The lowest BCUT2D eigenvalue weighted by atomic mass is 9.89. The van der Waals surface area contributed by atoms with Gasteiger partial charge in [0.05, 0.1) is 6.61 Å². The van der Waals surface area contributed by atoms with Gasteiger partial charge in [0.15, 0.2) is 13.0 Å². The number of hydrogen-bond acceptors (Lipinski definition) is 0. The Kier molecular flexibility index (Phi) is 12.3. The van der Waals surface area contributed by atoms with Gasteiger partial charge in [-0.15, -0.1) is 0 Å². The molecule has 0 aliphatic heterocycles. The van der Waals surface area contributed by atoms with Crippen molar-refractivity contribution in [3.05, 3.63) is 34.4 Å². The molecule has 0 bridgehead atoms. The van der Waals surface area contributed by atoms with Crippen molar-refractivity contribution in [1.82, 2.24) is 0 Å². The summed E-state index contributed by atoms with van der Waals surface area (Å²) >= 11 is 92.6. The van der Waals surface area contributed by atoms with Crippen molar-refractivity contribution in [3.8, 4) is 0 Å². The SMILES string of the molecule is [O]CCCCc1c(C(Cl)(Cl)C(Cl)(Cl)Cl)cc(C(Cl)(Cl)C(Cl)(Cl)Cl)cc1C(Cl)(Cl)C(Cl)(Cl)Cl. The maximum Gasteiger partial charge on any atom is 0.227 e. The Morgan fingerprint density at radius 1 is 0.531 bits per heavy atom. The molecular weight excluding hydrogens is 740 g/mol. The largest absolute Gasteiger partial charge is 0.237 e. The van der Waals surface area contributed by atoms with Gasteiger partial charge in [-0.3, -0.25) is 0 Å². The number of hydrogen-bond donors (Lipinski definition) is 0. The van der Waals surface area contributed by atoms with Gasteiger partial charge in [-0.2, -0.15) is 0 Å². The van der Waals surface area contributed by atoms with E-state index in [1.54, 1.807) is 0 Å². The minimum Gasteiger partial charge on any atom is -0.237 e. The summed E-state index contributed by atoms with van der Waals surface area (Å²) in [6.45, 7) is -0.364. The summed E-state index contributed by atoms with van der Waals surface area (Å²) in [4.78, 5) is 0. The van der Waals surface area contributed by atoms with Crippen molar-refractivity contribution in [2.24, 2.45) is 0 Å². The Balaban J connectivity index is 4.16. The van der Waals surface area contributed by atoms with Crippen molar-refractivity contribution in [3.63, 3.8) is 0 Å². The van der Waals surface area contributed by atoms with E-state index >= 15 is 0 Å². The van der Waals surface area contributed by atoms with Crippen LogP contribution in [-0.4, -0.2) is 18.0 Å². The lowest BCUT2D eigenvalue weighted by molar-refractivity contribution is 0.187. The summed E-state index contributed by atoms with van der Waals surface area (Å²) in [7, 11) is 0. The van der Waals surface area contributed by atoms with E-state index < -0.39 is 24.4 Å². The van der Waals surface area contributed by atoms with Crippen LogP contribution in [0.4, 0.5) is 0 Å². The maximum atomic E-state index is 11.0. The Hall–Kier alpha value is 3.53. The fourth-order valence-electron chi connectivity index (χ4n) is 2.56. The standard InChI is InChI=1S/C16H10Cl15O/c17-11(18,14(23,24)25)7-5-9(12(19,20)15(26,27)28)8(3-1-2-4-32)10(6-7)13(21,22)16(29,30)31/h5-6H,1-4H2. The van der Waals surface area contributed by atoms with Crippen LogP contribution in [0.5, 0.6) is 0 Å². The second kappa shape index (κ2) is 11.7. The van der Waals surface area contributed by atoms with E-state index in [1.807, 2.05) is 0 Å². The molecule has 0 spiro atoms. The Bertz CT molecular complexity index is 754. The predicted molar refractivity (Wildman–Crippen MR) is 146 cm³/mol. The predicted octanol–water partition coefficient (Wildman–Crippen LogP) is 11.4. The van der Waals surface area contributed by atoms with Gasteiger partial charge >= 0.3 is 0 Å². The van der Waals surface area contributed by atoms with Gasteiger partial charge in [-0.05, 0) is 53.6 Å². The van der Waals surface area contributed by atoms with Crippen LogP contribution in [0, 0.1) is 0 Å². The van der Waals surface area contributed by atoms with E-state index in [9.17, 15) is 5.11 Å². The zero-order valence-electron chi connectivity index (χ0n) is 15.1. The number of halogens is 15. The first kappa shape index (κ1) is 33.6. The highest BCUT2D eigenvalue weighted by Gasteiger charge is 2.55. The summed E-state index contributed by atoms with van der Waals surface area (Å²) in [5.41, 5.74) is -0.0419. The molecule has 1 aromatic rings. The van der Waals surface area contributed by atoms with Gasteiger partial charge in [0.2, 0.25) is 11.4 Å². The third kappa shape index (κ3) is 7.34. The quantitative estimate of drug-likeness (QED) is 0.195. The number of unbranched alkanes of at least 4 members (excludes halogenated alkanes) is 1. The van der Waals surface area contributed by atoms with E-state index in [2.05, 4.69) is 0 Å². The molecule has 185 valence electrons. The van der Waals surface area contributed by atoms with Gasteiger partial charge in [-0.1, -0.05) is 174 Å². The molecule has 0 saturated carbocycles. The van der Waals surface area contributed by atoms with E-state index in [-0.39, 0.29) is 41.7 Å². The Morgan fingerprint density at radius 3 is 1.16 bits per heavy atom. The molecule has 0 heterocycles. The lowest BCUT2D eigenvalue weighted by Crippen LogP contribution is -2.36. The second-order valence-electron chi connectivity index (χ2n) is 6.43. The number of alkyl halides is 15. The topological polar surface area (TPSA) is 19.9 Å². The average molecular weight is 750 g/mol. The summed E-state index contributed by atoms with van der Waals surface area (Å²) in [6, 6.07) is 2.50. The molecule has 1 nitrogen and oxygen atoms in total. The molecule has 0 aromatic heterocycles. The van der Waals surface area contributed by atoms with Crippen LogP contribution in [0.2, 0.25) is 0 Å². The molecule has 0 N–H and O–H groups in total. The van der Waals surface area contributed by atoms with Crippen molar-refractivity contribution in [1.29, 1.82) is 0 Å². The molecule has 0 fully saturated rings. The summed E-state index contributed by atoms with van der Waals surface area (Å²) in [6.07, 6.45) is 0.705. The highest BCUT2D eigenvalue weighted by Crippen LogP contribution is 2.61. The van der Waals surface area contributed by atoms with Crippen molar-refractivity contribution < 1.29 is 5.11 Å². The van der Waals surface area contributed by atoms with Crippen LogP contribution < -0.4 is 0 Å². The molecule has 32 heavy (non-hydrogen) atoms. The molecule has 1 aromatic carbocycles. The summed E-state index contributed by atoms with van der Waals surface area (Å²) in [5, 5.41) is 11.0. The van der Waals surface area contributed by atoms with Crippen molar-refractivity contribution in [2.75, 3.05) is 6.61 Å². The fourth-order valence-corrected chi connectivity index (χ4v) is 4.39. The van der Waals surface area contributed by atoms with Crippen LogP contribution in [0.1, 0.15) is 35.1 Å². The zero-order chi connectivity index (χ0) is 25.6. The fraction of sp³-hybridized carbons (Fsp3) is 0.625. The van der Waals surface area contributed by atoms with Crippen LogP contribution in [0.15, 0.2) is 12.1 Å². The van der Waals surface area contributed by atoms with Gasteiger partial charge in [-0.25, -0.2) is 5.11 Å². The van der Waals surface area contributed by atoms with Gasteiger partial charge < -0.3 is 0 Å². The minimum atomic E-state index is -2.30. The first-order valence-corrected chi connectivity index (χ1v) is 13.8. The number of rotatable bonds is 7. The molecule has 0 unspecified atom stereocenters. The molecule has 0 saturated heterocycles. The minimum absolute atomic E-state index is 0.0703. The normalized spacial score (nSPS) is 14.8. The third-order valence-corrected chi connectivity index (χ3v) is 11.4. The van der Waals surface area contributed by atoms with E-state index in [1.165, 1.54) is 12.1 Å². The summed E-state index contributed by atoms with van der Waals surface area (Å²) in [5.74, 6) is 0. The Labute approximate surface area is 260 Å². The van der Waals surface area contributed by atoms with E-state index in [0.29, 0.717) is 6.42 Å². The van der Waals surface area contributed by atoms with E-state index in [0.717, 1.165) is 0 Å². The van der Waals surface area contributed by atoms with Crippen LogP contribution in [0.3, 0.4) is 0 Å². The molecular formula is C16H10Cl15O. The Morgan fingerprint density at radius 2 is 0.875 bits per heavy atom. The molecule has 1 radical (unpaired) electrons. The summed E-state index contributed by atoms with van der Waals surface area (Å²) < 4.78 is -13.6. The van der Waals surface area contributed by atoms with Gasteiger partial charge in [0, 0.05) is 0 Å². The van der Waals surface area contributed by atoms with Gasteiger partial charge in [0.1, 0.15) is 0 Å². The molecule has 16 heteroatoms. The first-order valence-electron chi connectivity index (χ1n) is 8.13. The zero-order valence-corrected chi connectivity index (χ0v) is 26.4. The van der Waals surface area contributed by atoms with Crippen molar-refractivity contribution >= 4 is 174 Å². The van der Waals surface area contributed by atoms with Crippen LogP contribution in [-0.2, 0) is 24.5 Å². The number of benzene rings is 1. The van der Waals surface area contributed by atoms with Crippen LogP contribution in [0.25, 0.3) is 0 Å². The monoisotopic (exact) mass is 743 g/mol. The molecule has 1 rings (SSSR count). The van der Waals surface area contributed by atoms with Crippen molar-refractivity contribution in [2.45, 2.75) is 43.6 Å². The lowest BCUT2D eigenvalue weighted by Gasteiger charge is -2.37. The maximum absolute atomic E-state index is 11.0. The third-order valence-electron chi connectivity index (χ3n) is 4.18. The molecule has 0 aliphatic carbocycles. The smallest absolute Gasteiger partial charge is 0.227 e. The molecule has 0 atom stereocenters. The highest BCUT2D eigenvalue weighted by molar-refractivity contribution is 6.77. The molecule has 0 aliphatic rings. The van der Waals surface area contributed by atoms with Crippen LogP contribution >= 0.6 is 174 Å². The average Bonchev–Trinajstić information content (AvgIpc) is 2.58. The second-order valence-corrected chi connectivity index (χ2v) is 17.3.